The summed E-state index contributed by atoms with van der Waals surface area (Å²) in [5.41, 5.74) is -0.0963. The van der Waals surface area contributed by atoms with Gasteiger partial charge in [-0.1, -0.05) is 12.8 Å². The summed E-state index contributed by atoms with van der Waals surface area (Å²) >= 11 is 0. The molecular formula is C13H13F2NO3. The molecule has 4 nitrogen and oxygen atoms in total. The molecule has 1 aromatic rings. The first-order valence-electron chi connectivity index (χ1n) is 5.96. The molecule has 0 aliphatic heterocycles. The molecule has 0 bridgehead atoms. The van der Waals surface area contributed by atoms with Gasteiger partial charge in [0.15, 0.2) is 11.6 Å². The van der Waals surface area contributed by atoms with Crippen molar-refractivity contribution in [1.29, 1.82) is 0 Å². The number of carboxylic acids is 1. The Labute approximate surface area is 108 Å². The lowest BCUT2D eigenvalue weighted by Crippen LogP contribution is -2.41. The summed E-state index contributed by atoms with van der Waals surface area (Å²) in [7, 11) is 0. The SMILES string of the molecule is O=C(N[C@H](CC1CC1)C(=O)O)c1ccc(F)c(F)c1. The molecule has 2 N–H and O–H groups in total. The Balaban J connectivity index is 2.05. The van der Waals surface area contributed by atoms with Gasteiger partial charge in [0.2, 0.25) is 0 Å². The molecule has 0 heterocycles. The van der Waals surface area contributed by atoms with Gasteiger partial charge in [-0.25, -0.2) is 13.6 Å². The van der Waals surface area contributed by atoms with E-state index in [9.17, 15) is 18.4 Å². The first-order chi connectivity index (χ1) is 8.97. The largest absolute Gasteiger partial charge is 0.480 e. The van der Waals surface area contributed by atoms with Crippen LogP contribution in [0, 0.1) is 17.6 Å². The smallest absolute Gasteiger partial charge is 0.326 e. The minimum atomic E-state index is -1.14. The van der Waals surface area contributed by atoms with Crippen LogP contribution >= 0.6 is 0 Å². The highest BCUT2D eigenvalue weighted by atomic mass is 19.2. The Kier molecular flexibility index (Phi) is 3.78. The molecule has 0 aromatic heterocycles. The van der Waals surface area contributed by atoms with Crippen molar-refractivity contribution in [2.24, 2.45) is 5.92 Å². The number of benzene rings is 1. The molecule has 1 amide bonds. The highest BCUT2D eigenvalue weighted by molar-refractivity contribution is 5.96. The molecule has 19 heavy (non-hydrogen) atoms. The van der Waals surface area contributed by atoms with Crippen LogP contribution in [-0.2, 0) is 4.79 Å². The molecule has 0 unspecified atom stereocenters. The Morgan fingerprint density at radius 3 is 2.53 bits per heavy atom. The molecule has 6 heteroatoms. The van der Waals surface area contributed by atoms with E-state index in [0.29, 0.717) is 12.3 Å². The van der Waals surface area contributed by atoms with Gasteiger partial charge in [-0.2, -0.15) is 0 Å². The summed E-state index contributed by atoms with van der Waals surface area (Å²) in [6.07, 6.45) is 2.29. The number of aliphatic carboxylic acids is 1. The minimum Gasteiger partial charge on any atom is -0.480 e. The summed E-state index contributed by atoms with van der Waals surface area (Å²) in [6.45, 7) is 0. The molecule has 1 aliphatic rings. The summed E-state index contributed by atoms with van der Waals surface area (Å²) < 4.78 is 25.7. The van der Waals surface area contributed by atoms with Crippen molar-refractivity contribution in [3.63, 3.8) is 0 Å². The number of rotatable bonds is 5. The average Bonchev–Trinajstić information content (AvgIpc) is 3.15. The van der Waals surface area contributed by atoms with Crippen molar-refractivity contribution in [1.82, 2.24) is 5.32 Å². The third-order valence-corrected chi connectivity index (χ3v) is 3.05. The third-order valence-electron chi connectivity index (χ3n) is 3.05. The Morgan fingerprint density at radius 1 is 1.32 bits per heavy atom. The first kappa shape index (κ1) is 13.5. The number of carbonyl (C=O) groups excluding carboxylic acids is 1. The van der Waals surface area contributed by atoms with Crippen LogP contribution in [0.5, 0.6) is 0 Å². The maximum absolute atomic E-state index is 13.0. The fraction of sp³-hybridized carbons (Fsp3) is 0.385. The predicted molar refractivity (Wildman–Crippen MR) is 62.6 cm³/mol. The van der Waals surface area contributed by atoms with Gasteiger partial charge in [0.1, 0.15) is 6.04 Å². The van der Waals surface area contributed by atoms with E-state index in [1.54, 1.807) is 0 Å². The molecule has 0 radical (unpaired) electrons. The van der Waals surface area contributed by atoms with Gasteiger partial charge < -0.3 is 10.4 Å². The van der Waals surface area contributed by atoms with Crippen molar-refractivity contribution in [2.75, 3.05) is 0 Å². The predicted octanol–water partition coefficient (Wildman–Crippen LogP) is 1.95. The zero-order valence-corrected chi connectivity index (χ0v) is 10.0. The number of nitrogens with one attached hydrogen (secondary N) is 1. The maximum Gasteiger partial charge on any atom is 0.326 e. The second kappa shape index (κ2) is 5.34. The monoisotopic (exact) mass is 269 g/mol. The Bertz CT molecular complexity index is 515. The van der Waals surface area contributed by atoms with Crippen molar-refractivity contribution >= 4 is 11.9 Å². The van der Waals surface area contributed by atoms with Gasteiger partial charge in [0, 0.05) is 5.56 Å². The van der Waals surface area contributed by atoms with E-state index in [2.05, 4.69) is 5.32 Å². The van der Waals surface area contributed by atoms with Crippen LogP contribution in [0.25, 0.3) is 0 Å². The zero-order valence-electron chi connectivity index (χ0n) is 10.0. The van der Waals surface area contributed by atoms with Gasteiger partial charge in [0.25, 0.3) is 5.91 Å². The average molecular weight is 269 g/mol. The lowest BCUT2D eigenvalue weighted by atomic mass is 10.1. The normalized spacial score (nSPS) is 15.9. The number of halogens is 2. The van der Waals surface area contributed by atoms with Crippen molar-refractivity contribution in [2.45, 2.75) is 25.3 Å². The van der Waals surface area contributed by atoms with E-state index < -0.39 is 29.6 Å². The molecule has 1 aliphatic carbocycles. The van der Waals surface area contributed by atoms with E-state index in [1.807, 2.05) is 0 Å². The van der Waals surface area contributed by atoms with Crippen molar-refractivity contribution < 1.29 is 23.5 Å². The third kappa shape index (κ3) is 3.49. The van der Waals surface area contributed by atoms with E-state index in [0.717, 1.165) is 31.0 Å². The van der Waals surface area contributed by atoms with Crippen LogP contribution in [0.15, 0.2) is 18.2 Å². The lowest BCUT2D eigenvalue weighted by molar-refractivity contribution is -0.139. The zero-order chi connectivity index (χ0) is 14.0. The second-order valence-corrected chi connectivity index (χ2v) is 4.67. The summed E-state index contributed by atoms with van der Waals surface area (Å²) in [5, 5.41) is 11.3. The molecule has 102 valence electrons. The van der Waals surface area contributed by atoms with Crippen LogP contribution < -0.4 is 5.32 Å². The van der Waals surface area contributed by atoms with Crippen LogP contribution in [0.2, 0.25) is 0 Å². The number of hydrogen-bond acceptors (Lipinski definition) is 2. The van der Waals surface area contributed by atoms with Gasteiger partial charge in [0.05, 0.1) is 0 Å². The summed E-state index contributed by atoms with van der Waals surface area (Å²) in [5.74, 6) is -3.70. The topological polar surface area (TPSA) is 66.4 Å². The maximum atomic E-state index is 13.0. The lowest BCUT2D eigenvalue weighted by Gasteiger charge is -2.14. The van der Waals surface area contributed by atoms with Crippen molar-refractivity contribution in [3.8, 4) is 0 Å². The van der Waals surface area contributed by atoms with Crippen LogP contribution in [-0.4, -0.2) is 23.0 Å². The second-order valence-electron chi connectivity index (χ2n) is 4.67. The Morgan fingerprint density at radius 2 is 2.00 bits per heavy atom. The Hall–Kier alpha value is -1.98. The molecule has 1 fully saturated rings. The van der Waals surface area contributed by atoms with E-state index in [4.69, 9.17) is 5.11 Å². The highest BCUT2D eigenvalue weighted by Gasteiger charge is 2.30. The van der Waals surface area contributed by atoms with E-state index >= 15 is 0 Å². The summed E-state index contributed by atoms with van der Waals surface area (Å²) in [6, 6.07) is 1.71. The number of carboxylic acid groups (broad SMARTS) is 1. The standard InChI is InChI=1S/C13H13F2NO3/c14-9-4-3-8(6-10(9)15)12(17)16-11(13(18)19)5-7-1-2-7/h3-4,6-7,11H,1-2,5H2,(H,16,17)(H,18,19)/t11-/m1/s1. The molecule has 1 saturated carbocycles. The quantitative estimate of drug-likeness (QED) is 0.858. The molecular weight excluding hydrogens is 256 g/mol. The van der Waals surface area contributed by atoms with Gasteiger partial charge in [-0.3, -0.25) is 4.79 Å². The summed E-state index contributed by atoms with van der Waals surface area (Å²) in [4.78, 5) is 22.8. The minimum absolute atomic E-state index is 0.0963. The van der Waals surface area contributed by atoms with E-state index in [1.165, 1.54) is 0 Å². The van der Waals surface area contributed by atoms with E-state index in [-0.39, 0.29) is 5.56 Å². The van der Waals surface area contributed by atoms with Gasteiger partial charge in [-0.15, -0.1) is 0 Å². The van der Waals surface area contributed by atoms with Crippen LogP contribution in [0.1, 0.15) is 29.6 Å². The number of amides is 1. The highest BCUT2D eigenvalue weighted by Crippen LogP contribution is 2.33. The van der Waals surface area contributed by atoms with Gasteiger partial charge >= 0.3 is 5.97 Å². The first-order valence-corrected chi connectivity index (χ1v) is 5.96. The van der Waals surface area contributed by atoms with Crippen LogP contribution in [0.3, 0.4) is 0 Å². The fourth-order valence-corrected chi connectivity index (χ4v) is 1.79. The number of carbonyl (C=O) groups is 2. The molecule has 0 spiro atoms. The molecule has 1 atom stereocenters. The molecule has 0 saturated heterocycles. The molecule has 1 aromatic carbocycles. The van der Waals surface area contributed by atoms with Crippen molar-refractivity contribution in [3.05, 3.63) is 35.4 Å². The van der Waals surface area contributed by atoms with Gasteiger partial charge in [-0.05, 0) is 30.5 Å². The molecule has 2 rings (SSSR count). The fourth-order valence-electron chi connectivity index (χ4n) is 1.79. The van der Waals surface area contributed by atoms with Crippen LogP contribution in [0.4, 0.5) is 8.78 Å². The number of hydrogen-bond donors (Lipinski definition) is 2.